The normalized spacial score (nSPS) is 11.4. The molecule has 0 aliphatic heterocycles. The lowest BCUT2D eigenvalue weighted by atomic mass is 10.2. The second-order valence-corrected chi connectivity index (χ2v) is 4.67. The van der Waals surface area contributed by atoms with Crippen LogP contribution in [0.1, 0.15) is 22.2 Å². The molecule has 0 saturated carbocycles. The van der Waals surface area contributed by atoms with Gasteiger partial charge < -0.3 is 15.5 Å². The van der Waals surface area contributed by atoms with Crippen molar-refractivity contribution in [3.05, 3.63) is 32.9 Å². The zero-order chi connectivity index (χ0) is 13.3. The number of thiophene rings is 1. The summed E-state index contributed by atoms with van der Waals surface area (Å²) < 4.78 is 1.73. The molecule has 2 aromatic heterocycles. The maximum absolute atomic E-state index is 12.0. The summed E-state index contributed by atoms with van der Waals surface area (Å²) in [6.07, 6.45) is 2.80. The van der Waals surface area contributed by atoms with E-state index in [4.69, 9.17) is 10.9 Å². The van der Waals surface area contributed by atoms with E-state index in [0.717, 1.165) is 4.83 Å². The molecule has 18 heavy (non-hydrogen) atoms. The summed E-state index contributed by atoms with van der Waals surface area (Å²) in [4.78, 5) is 24.4. The predicted octanol–water partition coefficient (Wildman–Crippen LogP) is 1.07. The van der Waals surface area contributed by atoms with Gasteiger partial charge in [-0.25, -0.2) is 4.79 Å². The molecule has 0 aliphatic carbocycles. The number of aromatic nitrogens is 1. The Labute approximate surface area is 106 Å². The van der Waals surface area contributed by atoms with Crippen molar-refractivity contribution >= 4 is 33.7 Å². The van der Waals surface area contributed by atoms with Crippen LogP contribution in [0.4, 0.5) is 0 Å². The topological polar surface area (TPSA) is 97.7 Å². The number of aromatic carboxylic acids is 1. The van der Waals surface area contributed by atoms with E-state index in [-0.39, 0.29) is 5.56 Å². The standard InChI is InChI=1S/C11H11N3O3S/c1-2-14-5-8(11(16)17)9(15)7-3-6(4-13-12)18-10(7)14/h3-5H,2,12H2,1H3,(H,16,17). The molecule has 0 bridgehead atoms. The van der Waals surface area contributed by atoms with E-state index in [9.17, 15) is 9.59 Å². The average molecular weight is 265 g/mol. The fourth-order valence-electron chi connectivity index (χ4n) is 1.72. The molecule has 0 spiro atoms. The van der Waals surface area contributed by atoms with Gasteiger partial charge in [-0.15, -0.1) is 11.3 Å². The van der Waals surface area contributed by atoms with E-state index in [1.54, 1.807) is 10.6 Å². The molecule has 0 atom stereocenters. The van der Waals surface area contributed by atoms with Crippen LogP contribution in [0.15, 0.2) is 22.2 Å². The summed E-state index contributed by atoms with van der Waals surface area (Å²) in [5, 5.41) is 12.8. The van der Waals surface area contributed by atoms with Gasteiger partial charge in [-0.1, -0.05) is 0 Å². The second kappa shape index (κ2) is 4.61. The molecule has 2 heterocycles. The molecule has 0 radical (unpaired) electrons. The van der Waals surface area contributed by atoms with Gasteiger partial charge in [0.1, 0.15) is 10.4 Å². The van der Waals surface area contributed by atoms with Crippen LogP contribution < -0.4 is 11.3 Å². The number of nitrogens with zero attached hydrogens (tertiary/aromatic N) is 2. The molecule has 0 fully saturated rings. The highest BCUT2D eigenvalue weighted by molar-refractivity contribution is 7.20. The highest BCUT2D eigenvalue weighted by atomic mass is 32.1. The van der Waals surface area contributed by atoms with Gasteiger partial charge in [0.05, 0.1) is 16.5 Å². The van der Waals surface area contributed by atoms with E-state index in [1.807, 2.05) is 6.92 Å². The zero-order valence-corrected chi connectivity index (χ0v) is 10.4. The quantitative estimate of drug-likeness (QED) is 0.493. The molecule has 94 valence electrons. The van der Waals surface area contributed by atoms with E-state index >= 15 is 0 Å². The van der Waals surface area contributed by atoms with Crippen LogP contribution in [0.2, 0.25) is 0 Å². The van der Waals surface area contributed by atoms with Gasteiger partial charge in [-0.2, -0.15) is 5.10 Å². The van der Waals surface area contributed by atoms with Crippen molar-refractivity contribution in [2.45, 2.75) is 13.5 Å². The van der Waals surface area contributed by atoms with Crippen molar-refractivity contribution in [1.29, 1.82) is 0 Å². The smallest absolute Gasteiger partial charge is 0.341 e. The zero-order valence-electron chi connectivity index (χ0n) is 9.58. The van der Waals surface area contributed by atoms with Crippen molar-refractivity contribution in [3.63, 3.8) is 0 Å². The summed E-state index contributed by atoms with van der Waals surface area (Å²) in [6.45, 7) is 2.46. The lowest BCUT2D eigenvalue weighted by Gasteiger charge is -2.05. The molecule has 2 aromatic rings. The number of hydrazone groups is 1. The van der Waals surface area contributed by atoms with Gasteiger partial charge in [0.25, 0.3) is 0 Å². The van der Waals surface area contributed by atoms with Crippen LogP contribution in [-0.2, 0) is 6.54 Å². The Morgan fingerprint density at radius 1 is 1.67 bits per heavy atom. The van der Waals surface area contributed by atoms with Crippen LogP contribution in [0.25, 0.3) is 10.2 Å². The number of hydrogen-bond acceptors (Lipinski definition) is 5. The monoisotopic (exact) mass is 265 g/mol. The largest absolute Gasteiger partial charge is 0.477 e. The number of aryl methyl sites for hydroxylation is 1. The summed E-state index contributed by atoms with van der Waals surface area (Å²) in [5.41, 5.74) is -0.700. The highest BCUT2D eigenvalue weighted by Crippen LogP contribution is 2.22. The number of carboxylic acid groups (broad SMARTS) is 1. The molecule has 0 saturated heterocycles. The Hall–Kier alpha value is -2.15. The molecule has 3 N–H and O–H groups in total. The Morgan fingerprint density at radius 3 is 2.94 bits per heavy atom. The van der Waals surface area contributed by atoms with Gasteiger partial charge in [-0.05, 0) is 13.0 Å². The minimum absolute atomic E-state index is 0.224. The Balaban J connectivity index is 2.85. The van der Waals surface area contributed by atoms with Gasteiger partial charge in [0.15, 0.2) is 0 Å². The second-order valence-electron chi connectivity index (χ2n) is 3.61. The third-order valence-corrected chi connectivity index (χ3v) is 3.65. The summed E-state index contributed by atoms with van der Waals surface area (Å²) in [5.74, 6) is 3.85. The molecule has 2 rings (SSSR count). The number of rotatable bonds is 3. The van der Waals surface area contributed by atoms with Crippen LogP contribution in [0, 0.1) is 0 Å². The maximum Gasteiger partial charge on any atom is 0.341 e. The van der Waals surface area contributed by atoms with Crippen LogP contribution in [0.5, 0.6) is 0 Å². The molecule has 0 aliphatic rings. The number of hydrogen-bond donors (Lipinski definition) is 2. The molecule has 0 aromatic carbocycles. The summed E-state index contributed by atoms with van der Waals surface area (Å²) in [6, 6.07) is 1.61. The molecular weight excluding hydrogens is 254 g/mol. The number of carbonyl (C=O) groups is 1. The van der Waals surface area contributed by atoms with Gasteiger partial charge in [-0.3, -0.25) is 4.79 Å². The summed E-state index contributed by atoms with van der Waals surface area (Å²) >= 11 is 1.35. The minimum atomic E-state index is -1.22. The van der Waals surface area contributed by atoms with Crippen molar-refractivity contribution in [3.8, 4) is 0 Å². The lowest BCUT2D eigenvalue weighted by molar-refractivity contribution is 0.0695. The molecule has 0 amide bonds. The van der Waals surface area contributed by atoms with Gasteiger partial charge in [0.2, 0.25) is 5.43 Å². The average Bonchev–Trinajstić information content (AvgIpc) is 2.74. The third-order valence-electron chi connectivity index (χ3n) is 2.54. The lowest BCUT2D eigenvalue weighted by Crippen LogP contribution is -2.17. The highest BCUT2D eigenvalue weighted by Gasteiger charge is 2.16. The summed E-state index contributed by atoms with van der Waals surface area (Å²) in [7, 11) is 0. The first-order valence-electron chi connectivity index (χ1n) is 5.22. The van der Waals surface area contributed by atoms with Gasteiger partial charge >= 0.3 is 5.97 Å². The third kappa shape index (κ3) is 1.88. The number of carboxylic acids is 1. The predicted molar refractivity (Wildman–Crippen MR) is 70.5 cm³/mol. The van der Waals surface area contributed by atoms with Gasteiger partial charge in [0, 0.05) is 12.7 Å². The van der Waals surface area contributed by atoms with E-state index in [0.29, 0.717) is 16.8 Å². The van der Waals surface area contributed by atoms with Crippen LogP contribution >= 0.6 is 11.3 Å². The first-order valence-corrected chi connectivity index (χ1v) is 6.03. The van der Waals surface area contributed by atoms with Crippen molar-refractivity contribution in [1.82, 2.24) is 4.57 Å². The van der Waals surface area contributed by atoms with Crippen LogP contribution in [0.3, 0.4) is 0 Å². The molecule has 0 unspecified atom stereocenters. The Morgan fingerprint density at radius 2 is 2.39 bits per heavy atom. The van der Waals surface area contributed by atoms with E-state index < -0.39 is 11.4 Å². The Kier molecular flexibility index (Phi) is 3.15. The fraction of sp³-hybridized carbons (Fsp3) is 0.182. The number of pyridine rings is 1. The molecular formula is C11H11N3O3S. The molecule has 7 heteroatoms. The maximum atomic E-state index is 12.0. The number of fused-ring (bicyclic) bond motifs is 1. The fourth-order valence-corrected chi connectivity index (χ4v) is 2.79. The number of nitrogens with two attached hydrogens (primary N) is 1. The van der Waals surface area contributed by atoms with Crippen molar-refractivity contribution < 1.29 is 9.90 Å². The van der Waals surface area contributed by atoms with Crippen LogP contribution in [-0.4, -0.2) is 21.9 Å². The molecule has 6 nitrogen and oxygen atoms in total. The van der Waals surface area contributed by atoms with E-state index in [1.165, 1.54) is 23.7 Å². The Bertz CT molecular complexity index is 699. The van der Waals surface area contributed by atoms with Crippen molar-refractivity contribution in [2.24, 2.45) is 10.9 Å². The van der Waals surface area contributed by atoms with Crippen molar-refractivity contribution in [2.75, 3.05) is 0 Å². The first kappa shape index (κ1) is 12.3. The first-order chi connectivity index (χ1) is 8.58. The SMILES string of the molecule is CCn1cc(C(=O)O)c(=O)c2cc(C=NN)sc21. The van der Waals surface area contributed by atoms with E-state index in [2.05, 4.69) is 5.10 Å². The minimum Gasteiger partial charge on any atom is -0.477 e.